The zero-order valence-electron chi connectivity index (χ0n) is 15.8. The minimum absolute atomic E-state index is 0.0142. The molecule has 0 saturated heterocycles. The third-order valence-electron chi connectivity index (χ3n) is 4.21. The minimum atomic E-state index is -1.36. The van der Waals surface area contributed by atoms with Crippen molar-refractivity contribution in [2.75, 3.05) is 5.32 Å². The summed E-state index contributed by atoms with van der Waals surface area (Å²) in [5.74, 6) is -1.57. The second kappa shape index (κ2) is 8.82. The number of nitro groups is 1. The van der Waals surface area contributed by atoms with Crippen molar-refractivity contribution in [3.8, 4) is 0 Å². The van der Waals surface area contributed by atoms with Gasteiger partial charge in [-0.05, 0) is 18.6 Å². The Morgan fingerprint density at radius 3 is 2.37 bits per heavy atom. The lowest BCUT2D eigenvalue weighted by Gasteiger charge is -2.18. The number of pyridine rings is 1. The Hall–Kier alpha value is -4.27. The van der Waals surface area contributed by atoms with E-state index in [4.69, 9.17) is 4.74 Å². The Labute approximate surface area is 171 Å². The van der Waals surface area contributed by atoms with E-state index in [2.05, 4.69) is 5.32 Å². The number of anilines is 1. The van der Waals surface area contributed by atoms with Crippen molar-refractivity contribution >= 4 is 23.3 Å². The van der Waals surface area contributed by atoms with Crippen LogP contribution in [0.15, 0.2) is 73.1 Å². The molecule has 0 spiro atoms. The molecule has 152 valence electrons. The van der Waals surface area contributed by atoms with Crippen LogP contribution in [0.3, 0.4) is 0 Å². The predicted molar refractivity (Wildman–Crippen MR) is 106 cm³/mol. The molecule has 1 heterocycles. The molecule has 0 aliphatic carbocycles. The number of rotatable bonds is 6. The van der Waals surface area contributed by atoms with Gasteiger partial charge in [0.05, 0.1) is 10.5 Å². The molecule has 0 bridgehead atoms. The molecule has 3 aromatic rings. The van der Waals surface area contributed by atoms with Crippen LogP contribution in [0.4, 0.5) is 11.4 Å². The lowest BCUT2D eigenvalue weighted by Crippen LogP contribution is -2.27. The average Bonchev–Trinajstić information content (AvgIpc) is 2.74. The van der Waals surface area contributed by atoms with E-state index in [-0.39, 0.29) is 16.9 Å². The third-order valence-corrected chi connectivity index (χ3v) is 4.21. The third kappa shape index (κ3) is 4.76. The number of carbonyl (C=O) groups excluding carboxylic acids is 2. The number of amides is 1. The Morgan fingerprint density at radius 1 is 1.07 bits per heavy atom. The van der Waals surface area contributed by atoms with Gasteiger partial charge < -0.3 is 15.3 Å². The Bertz CT molecular complexity index is 1080. The molecule has 9 nitrogen and oxygen atoms in total. The summed E-state index contributed by atoms with van der Waals surface area (Å²) in [5.41, 5.74) is 0.833. The number of hydrogen-bond donors (Lipinski definition) is 1. The molecule has 0 aliphatic rings. The Morgan fingerprint density at radius 2 is 1.73 bits per heavy atom. The van der Waals surface area contributed by atoms with Gasteiger partial charge in [-0.15, -0.1) is 0 Å². The summed E-state index contributed by atoms with van der Waals surface area (Å²) >= 11 is 0. The van der Waals surface area contributed by atoms with Crippen LogP contribution in [-0.2, 0) is 9.53 Å². The second-order valence-electron chi connectivity index (χ2n) is 6.41. The molecule has 0 radical (unpaired) electrons. The lowest BCUT2D eigenvalue weighted by molar-refractivity contribution is -0.605. The van der Waals surface area contributed by atoms with Crippen molar-refractivity contribution in [2.24, 2.45) is 0 Å². The Kier molecular flexibility index (Phi) is 6.02. The van der Waals surface area contributed by atoms with Crippen molar-refractivity contribution in [2.45, 2.75) is 13.0 Å². The first-order valence-corrected chi connectivity index (χ1v) is 8.86. The van der Waals surface area contributed by atoms with Crippen LogP contribution in [0.2, 0.25) is 0 Å². The molecule has 1 atom stereocenters. The van der Waals surface area contributed by atoms with E-state index >= 15 is 0 Å². The zero-order chi connectivity index (χ0) is 21.7. The van der Waals surface area contributed by atoms with Crippen LogP contribution in [0.1, 0.15) is 27.6 Å². The number of carbonyl (C=O) groups is 2. The molecule has 1 N–H and O–H groups in total. The summed E-state index contributed by atoms with van der Waals surface area (Å²) in [5, 5.41) is 25.0. The van der Waals surface area contributed by atoms with E-state index in [0.717, 1.165) is 12.4 Å². The summed E-state index contributed by atoms with van der Waals surface area (Å²) < 4.78 is 5.90. The normalized spacial score (nSPS) is 11.4. The van der Waals surface area contributed by atoms with Gasteiger partial charge in [0.2, 0.25) is 6.10 Å². The molecule has 1 amide bonds. The zero-order valence-corrected chi connectivity index (χ0v) is 15.8. The number of benzene rings is 2. The first-order valence-electron chi connectivity index (χ1n) is 8.86. The highest BCUT2D eigenvalue weighted by molar-refractivity contribution is 5.99. The molecule has 0 fully saturated rings. The number of hydrogen-bond acceptors (Lipinski definition) is 6. The van der Waals surface area contributed by atoms with Gasteiger partial charge in [0.15, 0.2) is 12.4 Å². The number of nitrogens with one attached hydrogen (secondary N) is 1. The fraction of sp³-hybridized carbons (Fsp3) is 0.0952. The summed E-state index contributed by atoms with van der Waals surface area (Å²) in [4.78, 5) is 36.1. The van der Waals surface area contributed by atoms with Crippen LogP contribution in [-0.4, -0.2) is 16.8 Å². The first-order chi connectivity index (χ1) is 14.3. The fourth-order valence-electron chi connectivity index (χ4n) is 2.72. The molecule has 0 saturated carbocycles. The van der Waals surface area contributed by atoms with Gasteiger partial charge in [0, 0.05) is 23.8 Å². The average molecular weight is 407 g/mol. The summed E-state index contributed by atoms with van der Waals surface area (Å²) in [7, 11) is 0. The van der Waals surface area contributed by atoms with Gasteiger partial charge in [0.25, 0.3) is 11.6 Å². The van der Waals surface area contributed by atoms with Crippen molar-refractivity contribution in [3.05, 3.63) is 105 Å². The fourth-order valence-corrected chi connectivity index (χ4v) is 2.72. The smallest absolute Gasteiger partial charge is 0.339 e. The lowest BCUT2D eigenvalue weighted by atomic mass is 10.1. The monoisotopic (exact) mass is 407 g/mol. The van der Waals surface area contributed by atoms with Crippen LogP contribution < -0.4 is 10.0 Å². The first kappa shape index (κ1) is 20.5. The number of esters is 1. The van der Waals surface area contributed by atoms with Crippen molar-refractivity contribution in [1.82, 2.24) is 0 Å². The van der Waals surface area contributed by atoms with Crippen molar-refractivity contribution in [1.29, 1.82) is 0 Å². The largest absolute Gasteiger partial charge is 0.619 e. The van der Waals surface area contributed by atoms with E-state index in [1.807, 2.05) is 0 Å². The van der Waals surface area contributed by atoms with Gasteiger partial charge in [-0.25, -0.2) is 4.79 Å². The van der Waals surface area contributed by atoms with Crippen molar-refractivity contribution < 1.29 is 24.0 Å². The molecule has 1 aromatic heterocycles. The van der Waals surface area contributed by atoms with Crippen LogP contribution in [0.5, 0.6) is 0 Å². The predicted octanol–water partition coefficient (Wildman–Crippen LogP) is 3.07. The topological polar surface area (TPSA) is 125 Å². The highest BCUT2D eigenvalue weighted by Crippen LogP contribution is 2.28. The quantitative estimate of drug-likeness (QED) is 0.220. The molecule has 2 aromatic carbocycles. The minimum Gasteiger partial charge on any atom is -0.619 e. The SMILES string of the molecule is Cc1ccc(NC(=O)[C@@H](OC(=O)c2cc[n+]([O-])cc2)c2ccccc2)c([N+](=O)[O-])c1. The van der Waals surface area contributed by atoms with Gasteiger partial charge in [-0.3, -0.25) is 14.9 Å². The van der Waals surface area contributed by atoms with E-state index in [1.165, 1.54) is 24.3 Å². The number of nitro benzene ring substituents is 1. The molecule has 3 rings (SSSR count). The second-order valence-corrected chi connectivity index (χ2v) is 6.41. The van der Waals surface area contributed by atoms with Crippen LogP contribution >= 0.6 is 0 Å². The standard InChI is InChI=1S/C21H17N3O6/c1-14-7-8-17(18(13-14)24(28)29)22-20(25)19(15-5-3-2-4-6-15)30-21(26)16-9-11-23(27)12-10-16/h2-13,19H,1H3,(H,22,25)/t19-/m0/s1. The molecular weight excluding hydrogens is 390 g/mol. The summed E-state index contributed by atoms with van der Waals surface area (Å²) in [6.45, 7) is 1.69. The number of ether oxygens (including phenoxy) is 1. The van der Waals surface area contributed by atoms with Gasteiger partial charge in [-0.1, -0.05) is 36.4 Å². The van der Waals surface area contributed by atoms with E-state index in [0.29, 0.717) is 15.9 Å². The van der Waals surface area contributed by atoms with Crippen LogP contribution in [0.25, 0.3) is 0 Å². The van der Waals surface area contributed by atoms with Gasteiger partial charge >= 0.3 is 5.97 Å². The maximum Gasteiger partial charge on any atom is 0.339 e. The molecule has 9 heteroatoms. The van der Waals surface area contributed by atoms with Crippen LogP contribution in [0, 0.1) is 22.2 Å². The molecule has 30 heavy (non-hydrogen) atoms. The summed E-state index contributed by atoms with van der Waals surface area (Å²) in [6.07, 6.45) is 0.896. The number of aryl methyl sites for hydroxylation is 1. The van der Waals surface area contributed by atoms with Gasteiger partial charge in [0.1, 0.15) is 5.69 Å². The van der Waals surface area contributed by atoms with E-state index in [9.17, 15) is 24.9 Å². The van der Waals surface area contributed by atoms with E-state index < -0.39 is 22.9 Å². The highest BCUT2D eigenvalue weighted by atomic mass is 16.6. The summed E-state index contributed by atoms with van der Waals surface area (Å²) in [6, 6.07) is 15.2. The molecular formula is C21H17N3O6. The van der Waals surface area contributed by atoms with Gasteiger partial charge in [-0.2, -0.15) is 4.73 Å². The maximum absolute atomic E-state index is 12.9. The highest BCUT2D eigenvalue weighted by Gasteiger charge is 2.28. The number of aromatic nitrogens is 1. The maximum atomic E-state index is 12.9. The van der Waals surface area contributed by atoms with Crippen molar-refractivity contribution in [3.63, 3.8) is 0 Å². The molecule has 0 unspecified atom stereocenters. The van der Waals surface area contributed by atoms with E-state index in [1.54, 1.807) is 43.3 Å². The Balaban J connectivity index is 1.89. The number of nitrogens with zero attached hydrogens (tertiary/aromatic N) is 2. The molecule has 0 aliphatic heterocycles.